The standard InChI is InChI=1S/C6H9NO4.H3N/c1-7-4(6(10)11)2-3-5(8)9;/h4H,1-3H2,(H,8,9)(H,10,11);1H3. The van der Waals surface area contributed by atoms with E-state index in [1.165, 1.54) is 0 Å². The molecule has 0 saturated heterocycles. The Bertz CT molecular complexity index is 180. The average molecular weight is 176 g/mol. The molecular formula is C6H12N2O4. The monoisotopic (exact) mass is 176 g/mol. The molecule has 0 fully saturated rings. The molecular weight excluding hydrogens is 164 g/mol. The Balaban J connectivity index is 0. The summed E-state index contributed by atoms with van der Waals surface area (Å²) in [5.74, 6) is -2.17. The number of carbonyl (C=O) groups is 2. The van der Waals surface area contributed by atoms with Crippen molar-refractivity contribution in [3.8, 4) is 0 Å². The summed E-state index contributed by atoms with van der Waals surface area (Å²) in [7, 11) is 0. The molecule has 70 valence electrons. The number of aliphatic imine (C=N–C) groups is 1. The van der Waals surface area contributed by atoms with Gasteiger partial charge in [-0.05, 0) is 13.1 Å². The van der Waals surface area contributed by atoms with Crippen LogP contribution in [-0.2, 0) is 9.59 Å². The minimum absolute atomic E-state index is 0. The summed E-state index contributed by atoms with van der Waals surface area (Å²) >= 11 is 0. The number of nitrogens with zero attached hydrogens (tertiary/aromatic N) is 1. The van der Waals surface area contributed by atoms with Gasteiger partial charge in [-0.15, -0.1) is 0 Å². The van der Waals surface area contributed by atoms with Gasteiger partial charge in [0.2, 0.25) is 0 Å². The van der Waals surface area contributed by atoms with Crippen molar-refractivity contribution in [2.75, 3.05) is 0 Å². The fraction of sp³-hybridized carbons (Fsp3) is 0.500. The molecule has 0 rings (SSSR count). The van der Waals surface area contributed by atoms with Crippen LogP contribution in [0.25, 0.3) is 0 Å². The molecule has 0 aromatic carbocycles. The van der Waals surface area contributed by atoms with E-state index >= 15 is 0 Å². The molecule has 0 saturated carbocycles. The summed E-state index contributed by atoms with van der Waals surface area (Å²) in [4.78, 5) is 23.5. The Morgan fingerprint density at radius 2 is 1.92 bits per heavy atom. The fourth-order valence-corrected chi connectivity index (χ4v) is 0.553. The Hall–Kier alpha value is -1.43. The van der Waals surface area contributed by atoms with Crippen LogP contribution in [0.4, 0.5) is 0 Å². The van der Waals surface area contributed by atoms with E-state index in [4.69, 9.17) is 10.2 Å². The first-order chi connectivity index (χ1) is 5.07. The highest BCUT2D eigenvalue weighted by atomic mass is 16.4. The first-order valence-corrected chi connectivity index (χ1v) is 2.98. The Morgan fingerprint density at radius 3 is 2.17 bits per heavy atom. The van der Waals surface area contributed by atoms with Crippen LogP contribution in [0.15, 0.2) is 4.99 Å². The molecule has 0 aromatic heterocycles. The Kier molecular flexibility index (Phi) is 6.91. The van der Waals surface area contributed by atoms with Crippen LogP contribution in [0.3, 0.4) is 0 Å². The maximum Gasteiger partial charge on any atom is 0.328 e. The second kappa shape index (κ2) is 6.29. The summed E-state index contributed by atoms with van der Waals surface area (Å²) in [5, 5.41) is 16.5. The summed E-state index contributed by atoms with van der Waals surface area (Å²) in [6.07, 6.45) is -0.204. The van der Waals surface area contributed by atoms with Gasteiger partial charge in [-0.2, -0.15) is 0 Å². The van der Waals surface area contributed by atoms with Crippen LogP contribution in [0.1, 0.15) is 12.8 Å². The van der Waals surface area contributed by atoms with Gasteiger partial charge in [-0.1, -0.05) is 0 Å². The molecule has 0 aliphatic rings. The molecule has 0 radical (unpaired) electrons. The second-order valence-corrected chi connectivity index (χ2v) is 1.97. The van der Waals surface area contributed by atoms with Gasteiger partial charge in [0.15, 0.2) is 0 Å². The van der Waals surface area contributed by atoms with Crippen LogP contribution >= 0.6 is 0 Å². The van der Waals surface area contributed by atoms with Crippen LogP contribution < -0.4 is 6.15 Å². The smallest absolute Gasteiger partial charge is 0.328 e. The van der Waals surface area contributed by atoms with Crippen molar-refractivity contribution in [2.45, 2.75) is 18.9 Å². The third-order valence-corrected chi connectivity index (χ3v) is 1.14. The highest BCUT2D eigenvalue weighted by Gasteiger charge is 2.15. The number of hydrogen-bond acceptors (Lipinski definition) is 4. The lowest BCUT2D eigenvalue weighted by atomic mass is 10.2. The van der Waals surface area contributed by atoms with Crippen molar-refractivity contribution in [3.63, 3.8) is 0 Å². The minimum Gasteiger partial charge on any atom is -0.481 e. The van der Waals surface area contributed by atoms with Gasteiger partial charge in [-0.3, -0.25) is 9.79 Å². The van der Waals surface area contributed by atoms with E-state index in [2.05, 4.69) is 11.7 Å². The lowest BCUT2D eigenvalue weighted by Gasteiger charge is -2.02. The summed E-state index contributed by atoms with van der Waals surface area (Å²) in [5.41, 5.74) is 0. The molecule has 12 heavy (non-hydrogen) atoms. The van der Waals surface area contributed by atoms with E-state index in [1.807, 2.05) is 0 Å². The fourth-order valence-electron chi connectivity index (χ4n) is 0.553. The van der Waals surface area contributed by atoms with Crippen molar-refractivity contribution >= 4 is 18.7 Å². The van der Waals surface area contributed by atoms with Crippen molar-refractivity contribution < 1.29 is 19.8 Å². The zero-order valence-corrected chi connectivity index (χ0v) is 6.56. The zero-order valence-electron chi connectivity index (χ0n) is 6.56. The largest absolute Gasteiger partial charge is 0.481 e. The Morgan fingerprint density at radius 1 is 1.42 bits per heavy atom. The number of aliphatic carboxylic acids is 2. The van der Waals surface area contributed by atoms with Crippen LogP contribution in [0, 0.1) is 0 Å². The molecule has 0 amide bonds. The first-order valence-electron chi connectivity index (χ1n) is 2.98. The maximum atomic E-state index is 10.2. The van der Waals surface area contributed by atoms with Crippen molar-refractivity contribution in [1.82, 2.24) is 6.15 Å². The van der Waals surface area contributed by atoms with E-state index < -0.39 is 18.0 Å². The lowest BCUT2D eigenvalue weighted by Crippen LogP contribution is -2.18. The van der Waals surface area contributed by atoms with Crippen molar-refractivity contribution in [2.24, 2.45) is 4.99 Å². The minimum atomic E-state index is -1.14. The highest BCUT2D eigenvalue weighted by molar-refractivity contribution is 5.75. The molecule has 6 nitrogen and oxygen atoms in total. The van der Waals surface area contributed by atoms with Crippen molar-refractivity contribution in [3.05, 3.63) is 0 Å². The SMILES string of the molecule is C=NC(CCC(=O)O)C(=O)O.N. The summed E-state index contributed by atoms with van der Waals surface area (Å²) < 4.78 is 0. The van der Waals surface area contributed by atoms with Gasteiger partial charge in [0.1, 0.15) is 6.04 Å². The molecule has 0 aliphatic heterocycles. The van der Waals surface area contributed by atoms with Crippen LogP contribution in [0.2, 0.25) is 0 Å². The quantitative estimate of drug-likeness (QED) is 0.515. The molecule has 5 N–H and O–H groups in total. The molecule has 0 heterocycles. The second-order valence-electron chi connectivity index (χ2n) is 1.97. The summed E-state index contributed by atoms with van der Waals surface area (Å²) in [6.45, 7) is 3.04. The number of hydrogen-bond donors (Lipinski definition) is 3. The van der Waals surface area contributed by atoms with E-state index in [9.17, 15) is 9.59 Å². The Labute approximate surface area is 69.5 Å². The van der Waals surface area contributed by atoms with E-state index in [1.54, 1.807) is 0 Å². The third kappa shape index (κ3) is 5.36. The number of carboxylic acid groups (broad SMARTS) is 2. The predicted octanol–water partition coefficient (Wildman–Crippen LogP) is 0.167. The summed E-state index contributed by atoms with van der Waals surface area (Å²) in [6, 6.07) is -0.994. The van der Waals surface area contributed by atoms with Gasteiger partial charge in [0.05, 0.1) is 0 Å². The molecule has 1 unspecified atom stereocenters. The van der Waals surface area contributed by atoms with Gasteiger partial charge < -0.3 is 16.4 Å². The highest BCUT2D eigenvalue weighted by Crippen LogP contribution is 2.00. The molecule has 0 spiro atoms. The molecule has 0 aromatic rings. The molecule has 0 bridgehead atoms. The number of carboxylic acids is 2. The van der Waals surface area contributed by atoms with Crippen LogP contribution in [-0.4, -0.2) is 34.9 Å². The molecule has 1 atom stereocenters. The maximum absolute atomic E-state index is 10.2. The van der Waals surface area contributed by atoms with Crippen molar-refractivity contribution in [1.29, 1.82) is 0 Å². The van der Waals surface area contributed by atoms with E-state index in [0.29, 0.717) is 0 Å². The van der Waals surface area contributed by atoms with E-state index in [0.717, 1.165) is 0 Å². The normalized spacial score (nSPS) is 11.0. The zero-order chi connectivity index (χ0) is 8.85. The first kappa shape index (κ1) is 13.2. The topological polar surface area (TPSA) is 122 Å². The third-order valence-electron chi connectivity index (χ3n) is 1.14. The van der Waals surface area contributed by atoms with Gasteiger partial charge in [0, 0.05) is 6.42 Å². The predicted molar refractivity (Wildman–Crippen MR) is 42.9 cm³/mol. The lowest BCUT2D eigenvalue weighted by molar-refractivity contribution is -0.139. The number of rotatable bonds is 5. The van der Waals surface area contributed by atoms with Gasteiger partial charge in [-0.25, -0.2) is 4.79 Å². The average Bonchev–Trinajstić information content (AvgIpc) is 1.87. The molecule has 0 aliphatic carbocycles. The molecule has 6 heteroatoms. The van der Waals surface area contributed by atoms with E-state index in [-0.39, 0.29) is 19.0 Å². The van der Waals surface area contributed by atoms with Crippen LogP contribution in [0.5, 0.6) is 0 Å². The van der Waals surface area contributed by atoms with Gasteiger partial charge in [0.25, 0.3) is 0 Å². The van der Waals surface area contributed by atoms with Gasteiger partial charge >= 0.3 is 11.9 Å².